The van der Waals surface area contributed by atoms with Gasteiger partial charge in [0, 0.05) is 44.6 Å². The molecule has 2 N–H and O–H groups in total. The molecular formula is C21H32N6O. The van der Waals surface area contributed by atoms with Crippen LogP contribution in [0.15, 0.2) is 23.3 Å². The molecule has 1 aliphatic rings. The third-order valence-electron chi connectivity index (χ3n) is 5.20. The Kier molecular flexibility index (Phi) is 6.54. The van der Waals surface area contributed by atoms with Gasteiger partial charge in [0.1, 0.15) is 0 Å². The highest BCUT2D eigenvalue weighted by atomic mass is 16.5. The van der Waals surface area contributed by atoms with Gasteiger partial charge in [-0.2, -0.15) is 5.10 Å². The third-order valence-corrected chi connectivity index (χ3v) is 5.20. The Balaban J connectivity index is 1.50. The van der Waals surface area contributed by atoms with Crippen molar-refractivity contribution >= 4 is 5.96 Å². The molecule has 2 aromatic heterocycles. The average molecular weight is 385 g/mol. The van der Waals surface area contributed by atoms with Crippen LogP contribution >= 0.6 is 0 Å². The monoisotopic (exact) mass is 384 g/mol. The van der Waals surface area contributed by atoms with Crippen LogP contribution < -0.4 is 15.4 Å². The van der Waals surface area contributed by atoms with Crippen LogP contribution in [0.2, 0.25) is 0 Å². The first kappa shape index (κ1) is 20.2. The summed E-state index contributed by atoms with van der Waals surface area (Å²) in [5.41, 5.74) is 4.72. The summed E-state index contributed by atoms with van der Waals surface area (Å²) in [4.78, 5) is 8.65. The van der Waals surface area contributed by atoms with E-state index >= 15 is 0 Å². The van der Waals surface area contributed by atoms with E-state index in [1.165, 1.54) is 24.1 Å². The SMILES string of the molecule is CN=C(NCc1ccnc(OCC2CC2)c1)NC(C)Cc1c(C)nn(C)c1C. The summed E-state index contributed by atoms with van der Waals surface area (Å²) in [6.07, 6.45) is 5.26. The van der Waals surface area contributed by atoms with Crippen LogP contribution in [0.25, 0.3) is 0 Å². The van der Waals surface area contributed by atoms with Crippen molar-refractivity contribution in [2.24, 2.45) is 18.0 Å². The second-order valence-corrected chi connectivity index (χ2v) is 7.70. The zero-order valence-electron chi connectivity index (χ0n) is 17.6. The molecule has 0 aromatic carbocycles. The van der Waals surface area contributed by atoms with E-state index in [2.05, 4.69) is 46.5 Å². The first-order valence-corrected chi connectivity index (χ1v) is 10.00. The summed E-state index contributed by atoms with van der Waals surface area (Å²) in [6.45, 7) is 7.78. The number of pyridine rings is 1. The van der Waals surface area contributed by atoms with Crippen LogP contribution in [0.1, 0.15) is 42.3 Å². The molecule has 1 atom stereocenters. The van der Waals surface area contributed by atoms with Crippen LogP contribution in [0, 0.1) is 19.8 Å². The highest BCUT2D eigenvalue weighted by Crippen LogP contribution is 2.29. The molecule has 0 amide bonds. The number of aliphatic imine (C=N–C) groups is 1. The number of hydrogen-bond acceptors (Lipinski definition) is 4. The summed E-state index contributed by atoms with van der Waals surface area (Å²) in [6, 6.07) is 4.23. The average Bonchev–Trinajstić information content (AvgIpc) is 3.48. The van der Waals surface area contributed by atoms with Gasteiger partial charge in [-0.3, -0.25) is 9.67 Å². The number of ether oxygens (including phenoxy) is 1. The molecule has 0 aliphatic heterocycles. The maximum Gasteiger partial charge on any atom is 0.213 e. The van der Waals surface area contributed by atoms with Crippen LogP contribution in [0.4, 0.5) is 0 Å². The first-order valence-electron chi connectivity index (χ1n) is 10.00. The minimum atomic E-state index is 0.239. The Bertz CT molecular complexity index is 824. The normalized spacial score (nSPS) is 15.4. The highest BCUT2D eigenvalue weighted by Gasteiger charge is 2.22. The van der Waals surface area contributed by atoms with Gasteiger partial charge < -0.3 is 15.4 Å². The summed E-state index contributed by atoms with van der Waals surface area (Å²) in [5.74, 6) is 2.20. The fourth-order valence-corrected chi connectivity index (χ4v) is 3.21. The van der Waals surface area contributed by atoms with E-state index in [0.717, 1.165) is 36.2 Å². The van der Waals surface area contributed by atoms with Gasteiger partial charge in [0.25, 0.3) is 0 Å². The molecule has 0 spiro atoms. The van der Waals surface area contributed by atoms with Gasteiger partial charge in [-0.15, -0.1) is 0 Å². The van der Waals surface area contributed by atoms with Crippen LogP contribution in [-0.2, 0) is 20.0 Å². The fraction of sp³-hybridized carbons (Fsp3) is 0.571. The zero-order chi connectivity index (χ0) is 20.1. The van der Waals surface area contributed by atoms with E-state index in [9.17, 15) is 0 Å². The molecule has 28 heavy (non-hydrogen) atoms. The van der Waals surface area contributed by atoms with E-state index in [0.29, 0.717) is 12.4 Å². The van der Waals surface area contributed by atoms with E-state index in [4.69, 9.17) is 4.74 Å². The molecule has 1 saturated carbocycles. The predicted molar refractivity (Wildman–Crippen MR) is 112 cm³/mol. The number of aryl methyl sites for hydroxylation is 2. The Labute approximate surface area is 167 Å². The van der Waals surface area contributed by atoms with E-state index < -0.39 is 0 Å². The van der Waals surface area contributed by atoms with Crippen molar-refractivity contribution in [1.29, 1.82) is 0 Å². The van der Waals surface area contributed by atoms with Gasteiger partial charge >= 0.3 is 0 Å². The van der Waals surface area contributed by atoms with E-state index in [-0.39, 0.29) is 6.04 Å². The quantitative estimate of drug-likeness (QED) is 0.540. The third kappa shape index (κ3) is 5.47. The Hall–Kier alpha value is -2.57. The van der Waals surface area contributed by atoms with Gasteiger partial charge in [-0.05, 0) is 63.1 Å². The number of nitrogens with zero attached hydrogens (tertiary/aromatic N) is 4. The van der Waals surface area contributed by atoms with E-state index in [1.54, 1.807) is 13.2 Å². The molecule has 1 aliphatic carbocycles. The van der Waals surface area contributed by atoms with Crippen molar-refractivity contribution in [2.45, 2.75) is 52.6 Å². The van der Waals surface area contributed by atoms with Gasteiger partial charge in [-0.25, -0.2) is 4.98 Å². The number of guanidine groups is 1. The lowest BCUT2D eigenvalue weighted by Crippen LogP contribution is -2.42. The zero-order valence-corrected chi connectivity index (χ0v) is 17.6. The number of nitrogens with one attached hydrogen (secondary N) is 2. The summed E-state index contributed by atoms with van der Waals surface area (Å²) in [5, 5.41) is 11.3. The topological polar surface area (TPSA) is 76.4 Å². The molecule has 0 saturated heterocycles. The van der Waals surface area contributed by atoms with Crippen molar-refractivity contribution < 1.29 is 4.74 Å². The minimum Gasteiger partial charge on any atom is -0.477 e. The molecule has 7 heteroatoms. The molecule has 0 bridgehead atoms. The largest absolute Gasteiger partial charge is 0.477 e. The Morgan fingerprint density at radius 3 is 2.82 bits per heavy atom. The van der Waals surface area contributed by atoms with Crippen molar-refractivity contribution in [3.8, 4) is 5.88 Å². The van der Waals surface area contributed by atoms with Crippen LogP contribution in [0.3, 0.4) is 0 Å². The Morgan fingerprint density at radius 2 is 2.18 bits per heavy atom. The molecule has 2 heterocycles. The number of aromatic nitrogens is 3. The van der Waals surface area contributed by atoms with Crippen molar-refractivity contribution in [1.82, 2.24) is 25.4 Å². The second-order valence-electron chi connectivity index (χ2n) is 7.70. The molecule has 2 aromatic rings. The van der Waals surface area contributed by atoms with Gasteiger partial charge in [-0.1, -0.05) is 0 Å². The smallest absolute Gasteiger partial charge is 0.213 e. The fourth-order valence-electron chi connectivity index (χ4n) is 3.21. The molecule has 1 fully saturated rings. The summed E-state index contributed by atoms with van der Waals surface area (Å²) >= 11 is 0. The predicted octanol–water partition coefficient (Wildman–Crippen LogP) is 2.52. The standard InChI is InChI=1S/C21H32N6O/c1-14(10-19-15(2)26-27(5)16(19)3)25-21(22-4)24-12-18-8-9-23-20(11-18)28-13-17-6-7-17/h8-9,11,14,17H,6-7,10,12-13H2,1-5H3,(H2,22,24,25). The molecular weight excluding hydrogens is 352 g/mol. The lowest BCUT2D eigenvalue weighted by Gasteiger charge is -2.18. The number of hydrogen-bond donors (Lipinski definition) is 2. The van der Waals surface area contributed by atoms with Crippen LogP contribution in [0.5, 0.6) is 5.88 Å². The van der Waals surface area contributed by atoms with Crippen LogP contribution in [-0.4, -0.2) is 40.4 Å². The van der Waals surface area contributed by atoms with Gasteiger partial charge in [0.2, 0.25) is 5.88 Å². The molecule has 152 valence electrons. The molecule has 3 rings (SSSR count). The van der Waals surface area contributed by atoms with Crippen molar-refractivity contribution in [3.63, 3.8) is 0 Å². The maximum absolute atomic E-state index is 5.77. The molecule has 7 nitrogen and oxygen atoms in total. The molecule has 0 radical (unpaired) electrons. The summed E-state index contributed by atoms with van der Waals surface area (Å²) < 4.78 is 7.71. The minimum absolute atomic E-state index is 0.239. The second kappa shape index (κ2) is 9.08. The van der Waals surface area contributed by atoms with Crippen molar-refractivity contribution in [2.75, 3.05) is 13.7 Å². The van der Waals surface area contributed by atoms with Gasteiger partial charge in [0.15, 0.2) is 5.96 Å². The number of rotatable bonds is 8. The van der Waals surface area contributed by atoms with E-state index in [1.807, 2.05) is 23.9 Å². The lowest BCUT2D eigenvalue weighted by atomic mass is 10.1. The lowest BCUT2D eigenvalue weighted by molar-refractivity contribution is 0.288. The van der Waals surface area contributed by atoms with Gasteiger partial charge in [0.05, 0.1) is 12.3 Å². The summed E-state index contributed by atoms with van der Waals surface area (Å²) in [7, 11) is 3.78. The highest BCUT2D eigenvalue weighted by molar-refractivity contribution is 5.79. The first-order chi connectivity index (χ1) is 13.5. The maximum atomic E-state index is 5.77. The van der Waals surface area contributed by atoms with Crippen molar-refractivity contribution in [3.05, 3.63) is 40.8 Å². The molecule has 1 unspecified atom stereocenters. The Morgan fingerprint density at radius 1 is 1.39 bits per heavy atom.